The lowest BCUT2D eigenvalue weighted by Gasteiger charge is -2.05. The molecular weight excluding hydrogens is 340 g/mol. The molecular formula is C15H15ClN2O4S. The number of aromatic nitrogens is 1. The molecule has 0 aliphatic heterocycles. The number of hydrogen-bond donors (Lipinski definition) is 0. The molecule has 1 aromatic heterocycles. The first-order valence-electron chi connectivity index (χ1n) is 6.69. The minimum atomic E-state index is -0.605. The van der Waals surface area contributed by atoms with Gasteiger partial charge in [-0.3, -0.25) is 4.79 Å². The Morgan fingerprint density at radius 1 is 1.30 bits per heavy atom. The van der Waals surface area contributed by atoms with Crippen LogP contribution in [-0.4, -0.2) is 36.8 Å². The minimum Gasteiger partial charge on any atom is -0.454 e. The number of ether oxygens (including phenoxy) is 2. The smallest absolute Gasteiger partial charge is 0.332 e. The highest BCUT2D eigenvalue weighted by atomic mass is 35.5. The molecule has 0 aliphatic rings. The molecule has 122 valence electrons. The molecule has 0 radical (unpaired) electrons. The maximum Gasteiger partial charge on any atom is 0.332 e. The second-order valence-corrected chi connectivity index (χ2v) is 5.78. The van der Waals surface area contributed by atoms with Crippen molar-refractivity contribution in [2.24, 2.45) is 4.99 Å². The quantitative estimate of drug-likeness (QED) is 0.742. The van der Waals surface area contributed by atoms with Gasteiger partial charge in [-0.2, -0.15) is 4.99 Å². The van der Waals surface area contributed by atoms with Crippen LogP contribution in [0.5, 0.6) is 0 Å². The largest absolute Gasteiger partial charge is 0.454 e. The van der Waals surface area contributed by atoms with Crippen LogP contribution in [0.15, 0.2) is 40.8 Å². The third-order valence-electron chi connectivity index (χ3n) is 2.80. The number of halogens is 1. The van der Waals surface area contributed by atoms with E-state index >= 15 is 0 Å². The van der Waals surface area contributed by atoms with Gasteiger partial charge in [0.15, 0.2) is 11.4 Å². The lowest BCUT2D eigenvalue weighted by Crippen LogP contribution is -2.21. The van der Waals surface area contributed by atoms with Gasteiger partial charge >= 0.3 is 5.97 Å². The van der Waals surface area contributed by atoms with E-state index in [9.17, 15) is 9.59 Å². The first-order valence-corrected chi connectivity index (χ1v) is 7.95. The highest BCUT2D eigenvalue weighted by molar-refractivity contribution is 7.07. The Balaban J connectivity index is 2.06. The molecule has 0 saturated carbocycles. The molecule has 0 fully saturated rings. The van der Waals surface area contributed by atoms with E-state index in [1.165, 1.54) is 18.4 Å². The summed E-state index contributed by atoms with van der Waals surface area (Å²) in [5.41, 5.74) is 0.924. The van der Waals surface area contributed by atoms with Crippen LogP contribution in [0, 0.1) is 0 Å². The molecule has 0 N–H and O–H groups in total. The molecule has 1 aromatic carbocycles. The summed E-state index contributed by atoms with van der Waals surface area (Å²) in [5.74, 6) is -1.14. The molecule has 2 aromatic rings. The average molecular weight is 355 g/mol. The fourth-order valence-electron chi connectivity index (χ4n) is 1.76. The second-order valence-electron chi connectivity index (χ2n) is 4.50. The van der Waals surface area contributed by atoms with Gasteiger partial charge in [0.2, 0.25) is 0 Å². The summed E-state index contributed by atoms with van der Waals surface area (Å²) in [7, 11) is 1.37. The molecule has 0 spiro atoms. The van der Waals surface area contributed by atoms with Crippen LogP contribution in [0.2, 0.25) is 5.02 Å². The first-order chi connectivity index (χ1) is 11.1. The number of methoxy groups -OCH3 is 1. The molecule has 6 nitrogen and oxygen atoms in total. The van der Waals surface area contributed by atoms with Gasteiger partial charge in [0.05, 0.1) is 6.54 Å². The van der Waals surface area contributed by atoms with Gasteiger partial charge in [0, 0.05) is 23.7 Å². The van der Waals surface area contributed by atoms with Crippen molar-refractivity contribution in [1.29, 1.82) is 0 Å². The number of carbonyl (C=O) groups is 2. The average Bonchev–Trinajstić information content (AvgIpc) is 2.95. The van der Waals surface area contributed by atoms with Gasteiger partial charge in [-0.25, -0.2) is 4.79 Å². The topological polar surface area (TPSA) is 69.9 Å². The zero-order valence-electron chi connectivity index (χ0n) is 12.4. The molecule has 1 amide bonds. The first kappa shape index (κ1) is 17.4. The van der Waals surface area contributed by atoms with Crippen LogP contribution in [0.25, 0.3) is 0 Å². The Morgan fingerprint density at radius 2 is 2.09 bits per heavy atom. The summed E-state index contributed by atoms with van der Waals surface area (Å²) >= 11 is 7.45. The van der Waals surface area contributed by atoms with Crippen molar-refractivity contribution in [3.63, 3.8) is 0 Å². The Bertz CT molecular complexity index is 754. The van der Waals surface area contributed by atoms with Gasteiger partial charge in [0.25, 0.3) is 5.91 Å². The van der Waals surface area contributed by atoms with Crippen LogP contribution in [0.4, 0.5) is 0 Å². The van der Waals surface area contributed by atoms with Crippen molar-refractivity contribution in [3.8, 4) is 0 Å². The van der Waals surface area contributed by atoms with Crippen molar-refractivity contribution in [2.75, 3.05) is 20.3 Å². The van der Waals surface area contributed by atoms with Crippen LogP contribution in [-0.2, 0) is 25.6 Å². The van der Waals surface area contributed by atoms with E-state index in [2.05, 4.69) is 9.73 Å². The van der Waals surface area contributed by atoms with E-state index in [1.54, 1.807) is 10.6 Å². The molecule has 2 rings (SSSR count). The van der Waals surface area contributed by atoms with Crippen molar-refractivity contribution in [1.82, 2.24) is 4.57 Å². The standard InChI is InChI=1S/C15H15ClN2O4S/c1-21-10-14(20)22-9-13(19)17-15-18(6-7-23-15)8-11-4-2-3-5-12(11)16/h2-7H,8-10H2,1H3. The van der Waals surface area contributed by atoms with Gasteiger partial charge in [-0.1, -0.05) is 29.8 Å². The van der Waals surface area contributed by atoms with E-state index in [0.717, 1.165) is 5.56 Å². The van der Waals surface area contributed by atoms with E-state index in [0.29, 0.717) is 16.4 Å². The van der Waals surface area contributed by atoms with Crippen LogP contribution in [0.1, 0.15) is 5.56 Å². The zero-order valence-corrected chi connectivity index (χ0v) is 14.0. The van der Waals surface area contributed by atoms with Gasteiger partial charge in [0.1, 0.15) is 6.61 Å². The van der Waals surface area contributed by atoms with Crippen molar-refractivity contribution >= 4 is 34.8 Å². The van der Waals surface area contributed by atoms with Crippen LogP contribution < -0.4 is 4.80 Å². The molecule has 23 heavy (non-hydrogen) atoms. The highest BCUT2D eigenvalue weighted by Gasteiger charge is 2.07. The summed E-state index contributed by atoms with van der Waals surface area (Å²) in [4.78, 5) is 27.4. The van der Waals surface area contributed by atoms with Crippen LogP contribution >= 0.6 is 22.9 Å². The van der Waals surface area contributed by atoms with E-state index < -0.39 is 18.5 Å². The molecule has 8 heteroatoms. The van der Waals surface area contributed by atoms with Gasteiger partial charge in [-0.15, -0.1) is 11.3 Å². The number of carbonyl (C=O) groups excluding carboxylic acids is 2. The summed E-state index contributed by atoms with van der Waals surface area (Å²) in [5, 5.41) is 2.47. The highest BCUT2D eigenvalue weighted by Crippen LogP contribution is 2.15. The number of hydrogen-bond acceptors (Lipinski definition) is 5. The predicted molar refractivity (Wildman–Crippen MR) is 86.3 cm³/mol. The number of esters is 1. The van der Waals surface area contributed by atoms with Crippen molar-refractivity contribution < 1.29 is 19.1 Å². The molecule has 0 unspecified atom stereocenters. The molecule has 0 atom stereocenters. The number of rotatable bonds is 6. The minimum absolute atomic E-state index is 0.196. The summed E-state index contributed by atoms with van der Waals surface area (Å²) in [6, 6.07) is 7.46. The van der Waals surface area contributed by atoms with Gasteiger partial charge < -0.3 is 14.0 Å². The fraction of sp³-hybridized carbons (Fsp3) is 0.267. The monoisotopic (exact) mass is 354 g/mol. The number of nitrogens with zero attached hydrogens (tertiary/aromatic N) is 2. The maximum atomic E-state index is 11.8. The number of amides is 1. The van der Waals surface area contributed by atoms with Crippen molar-refractivity contribution in [2.45, 2.75) is 6.54 Å². The van der Waals surface area contributed by atoms with E-state index in [1.807, 2.05) is 29.8 Å². The second kappa shape index (κ2) is 8.61. The Morgan fingerprint density at radius 3 is 2.83 bits per heavy atom. The summed E-state index contributed by atoms with van der Waals surface area (Å²) in [6.45, 7) is -0.107. The lowest BCUT2D eigenvalue weighted by atomic mass is 10.2. The predicted octanol–water partition coefficient (Wildman–Crippen LogP) is 1.87. The molecule has 0 saturated heterocycles. The SMILES string of the molecule is COCC(=O)OCC(=O)N=c1sccn1Cc1ccccc1Cl. The van der Waals surface area contributed by atoms with E-state index in [-0.39, 0.29) is 6.61 Å². The normalized spacial score (nSPS) is 11.5. The number of benzene rings is 1. The van der Waals surface area contributed by atoms with E-state index in [4.69, 9.17) is 16.3 Å². The third-order valence-corrected chi connectivity index (χ3v) is 3.96. The molecule has 1 heterocycles. The Hall–Kier alpha value is -1.96. The summed E-state index contributed by atoms with van der Waals surface area (Å²) in [6.07, 6.45) is 1.82. The number of thiazole rings is 1. The molecule has 0 aliphatic carbocycles. The Labute approximate surface area is 141 Å². The third kappa shape index (κ3) is 5.31. The Kier molecular flexibility index (Phi) is 6.52. The summed E-state index contributed by atoms with van der Waals surface area (Å²) < 4.78 is 11.2. The zero-order chi connectivity index (χ0) is 16.7. The lowest BCUT2D eigenvalue weighted by molar-refractivity contribution is -0.151. The molecule has 0 bridgehead atoms. The maximum absolute atomic E-state index is 11.8. The van der Waals surface area contributed by atoms with Gasteiger partial charge in [-0.05, 0) is 11.6 Å². The fourth-order valence-corrected chi connectivity index (χ4v) is 2.70. The van der Waals surface area contributed by atoms with Crippen molar-refractivity contribution in [3.05, 3.63) is 51.2 Å². The van der Waals surface area contributed by atoms with Crippen LogP contribution in [0.3, 0.4) is 0 Å².